The number of hydrogen-bond donors (Lipinski definition) is 3. The number of amides is 2. The van der Waals surface area contributed by atoms with Crippen molar-refractivity contribution in [2.24, 2.45) is 0 Å². The van der Waals surface area contributed by atoms with E-state index in [2.05, 4.69) is 5.32 Å². The number of nitrogens with zero attached hydrogens (tertiary/aromatic N) is 1. The van der Waals surface area contributed by atoms with Gasteiger partial charge in [-0.05, 0) is 17.0 Å². The second-order valence-electron chi connectivity index (χ2n) is 5.50. The lowest BCUT2D eigenvalue weighted by Gasteiger charge is -2.55. The third-order valence-electron chi connectivity index (χ3n) is 4.07. The lowest BCUT2D eigenvalue weighted by molar-refractivity contribution is -0.192. The zero-order chi connectivity index (χ0) is 18.2. The number of carbonyl (C=O) groups excluding carboxylic acids is 2. The summed E-state index contributed by atoms with van der Waals surface area (Å²) in [6, 6.07) is 3.64. The summed E-state index contributed by atoms with van der Waals surface area (Å²) >= 11 is 2.67. The molecule has 0 aromatic carbocycles. The Bertz CT molecular complexity index is 747. The number of carboxylic acids is 1. The Morgan fingerprint density at radius 2 is 2.28 bits per heavy atom. The number of aliphatic hydroxyl groups is 1. The van der Waals surface area contributed by atoms with Gasteiger partial charge in [0.1, 0.15) is 11.1 Å². The van der Waals surface area contributed by atoms with E-state index in [0.717, 1.165) is 9.78 Å². The largest absolute Gasteiger partial charge is 0.477 e. The average molecular weight is 384 g/mol. The molecule has 1 unspecified atom stereocenters. The number of thioether (sulfide) groups is 1. The van der Waals surface area contributed by atoms with Gasteiger partial charge in [0.25, 0.3) is 11.6 Å². The monoisotopic (exact) mass is 384 g/mol. The minimum atomic E-state index is -1.60. The van der Waals surface area contributed by atoms with Crippen LogP contribution in [0.1, 0.15) is 4.88 Å². The molecule has 2 atom stereocenters. The molecule has 25 heavy (non-hydrogen) atoms. The Labute approximate surface area is 151 Å². The highest BCUT2D eigenvalue weighted by Crippen LogP contribution is 2.46. The van der Waals surface area contributed by atoms with Gasteiger partial charge in [0.05, 0.1) is 13.0 Å². The molecule has 3 rings (SSSR count). The molecule has 8 nitrogen and oxygen atoms in total. The lowest BCUT2D eigenvalue weighted by atomic mass is 9.98. The predicted molar refractivity (Wildman–Crippen MR) is 90.7 cm³/mol. The van der Waals surface area contributed by atoms with Gasteiger partial charge >= 0.3 is 5.97 Å². The smallest absolute Gasteiger partial charge is 0.352 e. The number of aliphatic hydroxyl groups excluding tert-OH is 1. The summed E-state index contributed by atoms with van der Waals surface area (Å²) < 4.78 is 5.32. The van der Waals surface area contributed by atoms with E-state index in [9.17, 15) is 24.6 Å². The highest BCUT2D eigenvalue weighted by Gasteiger charge is 2.66. The first-order chi connectivity index (χ1) is 11.9. The van der Waals surface area contributed by atoms with Gasteiger partial charge in [-0.2, -0.15) is 0 Å². The van der Waals surface area contributed by atoms with Crippen LogP contribution in [0, 0.1) is 0 Å². The quantitative estimate of drug-likeness (QED) is 0.467. The van der Waals surface area contributed by atoms with Crippen molar-refractivity contribution in [3.8, 4) is 0 Å². The van der Waals surface area contributed by atoms with E-state index in [4.69, 9.17) is 4.74 Å². The average Bonchev–Trinajstić information content (AvgIpc) is 3.10. The van der Waals surface area contributed by atoms with E-state index >= 15 is 0 Å². The van der Waals surface area contributed by atoms with Gasteiger partial charge in [-0.15, -0.1) is 23.1 Å². The molecule has 0 aliphatic carbocycles. The highest BCUT2D eigenvalue weighted by atomic mass is 32.2. The number of rotatable bonds is 6. The SMILES string of the molecule is CO[C@]1(NC(=O)Cc2cccs2)C(=O)N2C(C(=O)O)=C(CO)CSC21. The molecule has 10 heteroatoms. The highest BCUT2D eigenvalue weighted by molar-refractivity contribution is 8.00. The first kappa shape index (κ1) is 17.9. The number of carbonyl (C=O) groups is 3. The summed E-state index contributed by atoms with van der Waals surface area (Å²) in [6.45, 7) is -0.449. The molecule has 1 saturated heterocycles. The third kappa shape index (κ3) is 2.84. The van der Waals surface area contributed by atoms with Gasteiger partial charge in [-0.1, -0.05) is 6.07 Å². The van der Waals surface area contributed by atoms with Gasteiger partial charge in [0.15, 0.2) is 0 Å². The lowest BCUT2D eigenvalue weighted by Crippen LogP contribution is -2.80. The predicted octanol–water partition coefficient (Wildman–Crippen LogP) is -0.00440. The topological polar surface area (TPSA) is 116 Å². The third-order valence-corrected chi connectivity index (χ3v) is 6.32. The van der Waals surface area contributed by atoms with E-state index in [0.29, 0.717) is 0 Å². The van der Waals surface area contributed by atoms with Crippen molar-refractivity contribution in [3.63, 3.8) is 0 Å². The van der Waals surface area contributed by atoms with Crippen molar-refractivity contribution in [2.75, 3.05) is 19.5 Å². The summed E-state index contributed by atoms with van der Waals surface area (Å²) in [5, 5.41) is 22.5. The molecule has 1 fully saturated rings. The number of aliphatic carboxylic acids is 1. The van der Waals surface area contributed by atoms with Crippen LogP contribution >= 0.6 is 23.1 Å². The normalized spacial score (nSPS) is 25.4. The molecule has 0 bridgehead atoms. The Morgan fingerprint density at radius 1 is 1.52 bits per heavy atom. The molecule has 0 radical (unpaired) electrons. The molecule has 1 aromatic rings. The fourth-order valence-electron chi connectivity index (χ4n) is 2.89. The first-order valence-electron chi connectivity index (χ1n) is 7.34. The maximum Gasteiger partial charge on any atom is 0.352 e. The van der Waals surface area contributed by atoms with E-state index < -0.39 is 29.6 Å². The number of methoxy groups -OCH3 is 1. The molecule has 3 N–H and O–H groups in total. The van der Waals surface area contributed by atoms with Crippen LogP contribution in [0.2, 0.25) is 0 Å². The van der Waals surface area contributed by atoms with Crippen LogP contribution in [0.25, 0.3) is 0 Å². The summed E-state index contributed by atoms with van der Waals surface area (Å²) in [7, 11) is 1.30. The number of hydrogen-bond acceptors (Lipinski definition) is 7. The molecule has 2 amide bonds. The van der Waals surface area contributed by atoms with Gasteiger partial charge in [0.2, 0.25) is 5.91 Å². The summed E-state index contributed by atoms with van der Waals surface area (Å²) in [6.07, 6.45) is 0.108. The molecule has 1 aromatic heterocycles. The Hall–Kier alpha value is -1.88. The van der Waals surface area contributed by atoms with E-state index in [1.54, 1.807) is 0 Å². The second kappa shape index (κ2) is 6.79. The maximum absolute atomic E-state index is 12.7. The molecular weight excluding hydrogens is 368 g/mol. The van der Waals surface area contributed by atoms with Crippen molar-refractivity contribution in [1.82, 2.24) is 10.2 Å². The number of β-lactam (4-membered cyclic amide) rings is 1. The number of fused-ring (bicyclic) bond motifs is 1. The number of ether oxygens (including phenoxy) is 1. The van der Waals surface area contributed by atoms with Gasteiger partial charge < -0.3 is 20.3 Å². The number of thiophene rings is 1. The van der Waals surface area contributed by atoms with Crippen LogP contribution in [0.5, 0.6) is 0 Å². The molecule has 2 aliphatic rings. The van der Waals surface area contributed by atoms with E-state index in [1.807, 2.05) is 17.5 Å². The van der Waals surface area contributed by atoms with Crippen molar-refractivity contribution < 1.29 is 29.3 Å². The molecule has 134 valence electrons. The van der Waals surface area contributed by atoms with Gasteiger partial charge in [-0.25, -0.2) is 4.79 Å². The Balaban J connectivity index is 1.82. The summed E-state index contributed by atoms with van der Waals surface area (Å²) in [5.74, 6) is -2.10. The van der Waals surface area contributed by atoms with Crippen molar-refractivity contribution in [2.45, 2.75) is 17.5 Å². The second-order valence-corrected chi connectivity index (χ2v) is 7.60. The molecular formula is C15H16N2O6S2. The van der Waals surface area contributed by atoms with Crippen molar-refractivity contribution in [1.29, 1.82) is 0 Å². The zero-order valence-corrected chi connectivity index (χ0v) is 14.9. The molecule has 2 aliphatic heterocycles. The van der Waals surface area contributed by atoms with Gasteiger partial charge in [0, 0.05) is 17.7 Å². The van der Waals surface area contributed by atoms with Crippen LogP contribution in [0.4, 0.5) is 0 Å². The molecule has 0 spiro atoms. The standard InChI is InChI=1S/C15H16N2O6S2/c1-23-15(16-10(19)5-9-3-2-4-24-9)13(22)17-11(12(20)21)8(6-18)7-25-14(15)17/h2-4,14,18H,5-7H2,1H3,(H,16,19)(H,20,21)/t14?,15-/m1/s1. The summed E-state index contributed by atoms with van der Waals surface area (Å²) in [4.78, 5) is 38.4. The minimum Gasteiger partial charge on any atom is -0.477 e. The van der Waals surface area contributed by atoms with Crippen molar-refractivity contribution in [3.05, 3.63) is 33.7 Å². The fourth-order valence-corrected chi connectivity index (χ4v) is 5.02. The Kier molecular flexibility index (Phi) is 4.87. The van der Waals surface area contributed by atoms with Crippen LogP contribution in [0.3, 0.4) is 0 Å². The van der Waals surface area contributed by atoms with Crippen LogP contribution in [-0.2, 0) is 25.5 Å². The van der Waals surface area contributed by atoms with E-state index in [1.165, 1.54) is 30.2 Å². The van der Waals surface area contributed by atoms with Crippen LogP contribution < -0.4 is 5.32 Å². The zero-order valence-electron chi connectivity index (χ0n) is 13.2. The van der Waals surface area contributed by atoms with E-state index in [-0.39, 0.29) is 29.4 Å². The Morgan fingerprint density at radius 3 is 2.84 bits per heavy atom. The van der Waals surface area contributed by atoms with Crippen LogP contribution in [0.15, 0.2) is 28.8 Å². The molecule has 0 saturated carbocycles. The van der Waals surface area contributed by atoms with Crippen molar-refractivity contribution >= 4 is 40.9 Å². The fraction of sp³-hybridized carbons (Fsp3) is 0.400. The number of carboxylic acid groups (broad SMARTS) is 1. The summed E-state index contributed by atoms with van der Waals surface area (Å²) in [5.41, 5.74) is -1.58. The number of nitrogens with one attached hydrogen (secondary N) is 1. The van der Waals surface area contributed by atoms with Crippen LogP contribution in [-0.4, -0.2) is 63.5 Å². The van der Waals surface area contributed by atoms with Gasteiger partial charge in [-0.3, -0.25) is 14.5 Å². The first-order valence-corrected chi connectivity index (χ1v) is 9.27. The maximum atomic E-state index is 12.7. The molecule has 3 heterocycles. The minimum absolute atomic E-state index is 0.108.